The summed E-state index contributed by atoms with van der Waals surface area (Å²) in [6, 6.07) is 13.0. The highest BCUT2D eigenvalue weighted by Gasteiger charge is 2.08. The lowest BCUT2D eigenvalue weighted by atomic mass is 9.94. The van der Waals surface area contributed by atoms with E-state index in [9.17, 15) is 4.79 Å². The largest absolute Gasteiger partial charge is 0.478 e. The van der Waals surface area contributed by atoms with Crippen molar-refractivity contribution < 1.29 is 9.90 Å². The maximum absolute atomic E-state index is 11.0. The molecule has 24 heavy (non-hydrogen) atoms. The van der Waals surface area contributed by atoms with E-state index in [4.69, 9.17) is 5.11 Å². The summed E-state index contributed by atoms with van der Waals surface area (Å²) in [5, 5.41) is 12.4. The molecule has 0 aromatic heterocycles. The minimum Gasteiger partial charge on any atom is -0.478 e. The van der Waals surface area contributed by atoms with Gasteiger partial charge in [0.25, 0.3) is 0 Å². The van der Waals surface area contributed by atoms with Crippen molar-refractivity contribution in [3.63, 3.8) is 0 Å². The summed E-state index contributed by atoms with van der Waals surface area (Å²) >= 11 is 0. The monoisotopic (exact) mass is 323 g/mol. The second-order valence-corrected chi connectivity index (χ2v) is 6.53. The molecule has 2 N–H and O–H groups in total. The lowest BCUT2D eigenvalue weighted by Crippen LogP contribution is -2.09. The molecule has 2 aromatic carbocycles. The fourth-order valence-electron chi connectivity index (χ4n) is 2.68. The molecule has 2 aromatic rings. The van der Waals surface area contributed by atoms with Gasteiger partial charge < -0.3 is 10.4 Å². The third-order valence-corrected chi connectivity index (χ3v) is 3.97. The maximum atomic E-state index is 11.0. The van der Waals surface area contributed by atoms with Gasteiger partial charge in [-0.05, 0) is 80.6 Å². The van der Waals surface area contributed by atoms with Gasteiger partial charge in [0.05, 0.1) is 0 Å². The van der Waals surface area contributed by atoms with Gasteiger partial charge in [-0.1, -0.05) is 24.3 Å². The quantitative estimate of drug-likeness (QED) is 0.736. The standard InChI is InChI=1S/C21H25NO2/c1-13(2)22-19-8-6-17(7-9-19)20-12-14(3)18(10-15(20)4)11-16(5)21(23)24/h6-13,22H,1-5H3,(H,23,24). The van der Waals surface area contributed by atoms with Crippen molar-refractivity contribution in [1.29, 1.82) is 0 Å². The van der Waals surface area contributed by atoms with Gasteiger partial charge in [0.15, 0.2) is 0 Å². The molecule has 3 nitrogen and oxygen atoms in total. The van der Waals surface area contributed by atoms with Gasteiger partial charge in [0, 0.05) is 17.3 Å². The van der Waals surface area contributed by atoms with Gasteiger partial charge in [0.2, 0.25) is 0 Å². The second-order valence-electron chi connectivity index (χ2n) is 6.53. The van der Waals surface area contributed by atoms with Crippen LogP contribution in [0.1, 0.15) is 37.5 Å². The van der Waals surface area contributed by atoms with Crippen LogP contribution in [0, 0.1) is 13.8 Å². The zero-order valence-corrected chi connectivity index (χ0v) is 15.0. The highest BCUT2D eigenvalue weighted by molar-refractivity contribution is 5.92. The van der Waals surface area contributed by atoms with Crippen molar-refractivity contribution in [1.82, 2.24) is 0 Å². The number of aliphatic carboxylic acids is 1. The average Bonchev–Trinajstić information content (AvgIpc) is 2.50. The van der Waals surface area contributed by atoms with Crippen LogP contribution in [-0.4, -0.2) is 17.1 Å². The fourth-order valence-corrected chi connectivity index (χ4v) is 2.68. The predicted octanol–water partition coefficient (Wildman–Crippen LogP) is 5.28. The van der Waals surface area contributed by atoms with E-state index in [1.54, 1.807) is 13.0 Å². The summed E-state index contributed by atoms with van der Waals surface area (Å²) in [4.78, 5) is 11.0. The number of rotatable bonds is 5. The molecule has 3 heteroatoms. The Morgan fingerprint density at radius 1 is 1.08 bits per heavy atom. The van der Waals surface area contributed by atoms with Crippen molar-refractivity contribution in [2.24, 2.45) is 0 Å². The van der Waals surface area contributed by atoms with Crippen LogP contribution in [0.5, 0.6) is 0 Å². The zero-order valence-electron chi connectivity index (χ0n) is 15.0. The molecular formula is C21H25NO2. The number of carboxylic acid groups (broad SMARTS) is 1. The van der Waals surface area contributed by atoms with E-state index in [1.165, 1.54) is 5.56 Å². The van der Waals surface area contributed by atoms with Gasteiger partial charge in [0.1, 0.15) is 0 Å². The Balaban J connectivity index is 2.37. The minimum atomic E-state index is -0.885. The molecule has 2 rings (SSSR count). The molecule has 0 saturated carbocycles. The van der Waals surface area contributed by atoms with E-state index in [-0.39, 0.29) is 0 Å². The highest BCUT2D eigenvalue weighted by Crippen LogP contribution is 2.28. The van der Waals surface area contributed by atoms with E-state index < -0.39 is 5.97 Å². The van der Waals surface area contributed by atoms with E-state index in [0.717, 1.165) is 27.9 Å². The molecular weight excluding hydrogens is 298 g/mol. The van der Waals surface area contributed by atoms with Gasteiger partial charge in [-0.15, -0.1) is 0 Å². The summed E-state index contributed by atoms with van der Waals surface area (Å²) in [5.41, 5.74) is 6.95. The molecule has 0 spiro atoms. The van der Waals surface area contributed by atoms with E-state index in [2.05, 4.69) is 62.5 Å². The fraction of sp³-hybridized carbons (Fsp3) is 0.286. The van der Waals surface area contributed by atoms with Crippen LogP contribution in [0.25, 0.3) is 17.2 Å². The average molecular weight is 323 g/mol. The third kappa shape index (κ3) is 4.25. The van der Waals surface area contributed by atoms with Gasteiger partial charge in [-0.2, -0.15) is 0 Å². The molecule has 0 radical (unpaired) electrons. The van der Waals surface area contributed by atoms with Gasteiger partial charge >= 0.3 is 5.97 Å². The topological polar surface area (TPSA) is 49.3 Å². The Hall–Kier alpha value is -2.55. The Kier molecular flexibility index (Phi) is 5.45. The first-order chi connectivity index (χ1) is 11.3. The molecule has 0 heterocycles. The van der Waals surface area contributed by atoms with Crippen LogP contribution in [0.15, 0.2) is 42.0 Å². The highest BCUT2D eigenvalue weighted by atomic mass is 16.4. The summed E-state index contributed by atoms with van der Waals surface area (Å²) < 4.78 is 0. The minimum absolute atomic E-state index is 0.342. The molecule has 0 bridgehead atoms. The number of carbonyl (C=O) groups is 1. The third-order valence-electron chi connectivity index (χ3n) is 3.97. The maximum Gasteiger partial charge on any atom is 0.331 e. The Labute approximate surface area is 144 Å². The molecule has 0 aliphatic heterocycles. The number of aryl methyl sites for hydroxylation is 2. The SMILES string of the molecule is CC(=Cc1cc(C)c(-c2ccc(NC(C)C)cc2)cc1C)C(=O)O. The number of carboxylic acids is 1. The van der Waals surface area contributed by atoms with E-state index in [0.29, 0.717) is 11.6 Å². The number of anilines is 1. The van der Waals surface area contributed by atoms with Crippen LogP contribution in [-0.2, 0) is 4.79 Å². The van der Waals surface area contributed by atoms with Crippen LogP contribution in [0.2, 0.25) is 0 Å². The van der Waals surface area contributed by atoms with Crippen LogP contribution < -0.4 is 5.32 Å². The summed E-state index contributed by atoms with van der Waals surface area (Å²) in [6.45, 7) is 9.92. The molecule has 0 saturated heterocycles. The number of hydrogen-bond acceptors (Lipinski definition) is 2. The van der Waals surface area contributed by atoms with Crippen LogP contribution in [0.4, 0.5) is 5.69 Å². The molecule has 0 aliphatic rings. The molecule has 0 unspecified atom stereocenters. The van der Waals surface area contributed by atoms with Crippen molar-refractivity contribution in [2.45, 2.75) is 40.7 Å². The van der Waals surface area contributed by atoms with Crippen LogP contribution in [0.3, 0.4) is 0 Å². The van der Waals surface area contributed by atoms with Crippen molar-refractivity contribution in [2.75, 3.05) is 5.32 Å². The lowest BCUT2D eigenvalue weighted by molar-refractivity contribution is -0.132. The van der Waals surface area contributed by atoms with Gasteiger partial charge in [-0.3, -0.25) is 0 Å². The van der Waals surface area contributed by atoms with Crippen LogP contribution >= 0.6 is 0 Å². The normalized spacial score (nSPS) is 11.7. The molecule has 0 amide bonds. The summed E-state index contributed by atoms with van der Waals surface area (Å²) in [6.07, 6.45) is 1.73. The van der Waals surface area contributed by atoms with Crippen molar-refractivity contribution >= 4 is 17.7 Å². The van der Waals surface area contributed by atoms with E-state index in [1.807, 2.05) is 6.92 Å². The number of nitrogens with one attached hydrogen (secondary N) is 1. The first kappa shape index (κ1) is 17.8. The predicted molar refractivity (Wildman–Crippen MR) is 101 cm³/mol. The molecule has 0 aliphatic carbocycles. The number of hydrogen-bond donors (Lipinski definition) is 2. The Bertz CT molecular complexity index is 771. The van der Waals surface area contributed by atoms with Gasteiger partial charge in [-0.25, -0.2) is 4.79 Å². The Morgan fingerprint density at radius 3 is 2.25 bits per heavy atom. The first-order valence-corrected chi connectivity index (χ1v) is 8.17. The van der Waals surface area contributed by atoms with Crippen molar-refractivity contribution in [3.8, 4) is 11.1 Å². The van der Waals surface area contributed by atoms with Crippen molar-refractivity contribution in [3.05, 3.63) is 58.7 Å². The number of benzene rings is 2. The van der Waals surface area contributed by atoms with E-state index >= 15 is 0 Å². The molecule has 0 fully saturated rings. The summed E-state index contributed by atoms with van der Waals surface area (Å²) in [5.74, 6) is -0.885. The smallest absolute Gasteiger partial charge is 0.331 e. The first-order valence-electron chi connectivity index (χ1n) is 8.17. The molecule has 126 valence electrons. The lowest BCUT2D eigenvalue weighted by Gasteiger charge is -2.13. The summed E-state index contributed by atoms with van der Waals surface area (Å²) in [7, 11) is 0. The Morgan fingerprint density at radius 2 is 1.71 bits per heavy atom. The zero-order chi connectivity index (χ0) is 17.9. The second kappa shape index (κ2) is 7.35. The molecule has 0 atom stereocenters.